The molecule has 0 rings (SSSR count). The van der Waals surface area contributed by atoms with Gasteiger partial charge in [0.15, 0.2) is 0 Å². The maximum absolute atomic E-state index is 9.25. The first-order chi connectivity index (χ1) is 6.74. The van der Waals surface area contributed by atoms with Crippen molar-refractivity contribution >= 4 is 15.9 Å². The molecule has 0 aliphatic heterocycles. The highest BCUT2D eigenvalue weighted by molar-refractivity contribution is 9.09. The topological polar surface area (TPSA) is 29.5 Å². The molecule has 1 N–H and O–H groups in total. The molecule has 0 aliphatic carbocycles. The standard InChI is InChI=1S/C11H23BrO2/c1-3-5-6-10(4-2)8-14-9-11(13)7-12/h10-11,13H,3-9H2,1-2H3. The van der Waals surface area contributed by atoms with Gasteiger partial charge in [-0.2, -0.15) is 0 Å². The minimum Gasteiger partial charge on any atom is -0.390 e. The number of unbranched alkanes of at least 4 members (excludes halogenated alkanes) is 1. The van der Waals surface area contributed by atoms with Gasteiger partial charge in [-0.1, -0.05) is 49.0 Å². The van der Waals surface area contributed by atoms with Crippen LogP contribution in [0.5, 0.6) is 0 Å². The average Bonchev–Trinajstić information content (AvgIpc) is 2.22. The Morgan fingerprint density at radius 1 is 1.29 bits per heavy atom. The fraction of sp³-hybridized carbons (Fsp3) is 1.00. The van der Waals surface area contributed by atoms with Crippen LogP contribution in [0.25, 0.3) is 0 Å². The highest BCUT2D eigenvalue weighted by Gasteiger charge is 2.07. The second kappa shape index (κ2) is 9.94. The number of hydrogen-bond acceptors (Lipinski definition) is 2. The van der Waals surface area contributed by atoms with Gasteiger partial charge in [0.1, 0.15) is 0 Å². The Bertz CT molecular complexity index is 120. The van der Waals surface area contributed by atoms with Crippen molar-refractivity contribution in [2.45, 2.75) is 45.6 Å². The first-order valence-corrected chi connectivity index (χ1v) is 6.68. The molecular formula is C11H23BrO2. The lowest BCUT2D eigenvalue weighted by atomic mass is 10.0. The number of rotatable bonds is 9. The van der Waals surface area contributed by atoms with E-state index in [2.05, 4.69) is 29.8 Å². The van der Waals surface area contributed by atoms with Gasteiger partial charge in [-0.25, -0.2) is 0 Å². The Kier molecular flexibility index (Phi) is 10.2. The van der Waals surface area contributed by atoms with Crippen LogP contribution in [0.3, 0.4) is 0 Å². The summed E-state index contributed by atoms with van der Waals surface area (Å²) in [7, 11) is 0. The Hall–Kier alpha value is 0.400. The molecule has 2 atom stereocenters. The van der Waals surface area contributed by atoms with Crippen LogP contribution in [0.15, 0.2) is 0 Å². The maximum atomic E-state index is 9.25. The first kappa shape index (κ1) is 14.4. The molecule has 2 unspecified atom stereocenters. The average molecular weight is 267 g/mol. The number of alkyl halides is 1. The molecule has 0 aromatic rings. The number of aliphatic hydroxyl groups excluding tert-OH is 1. The van der Waals surface area contributed by atoms with Gasteiger partial charge in [0.25, 0.3) is 0 Å². The van der Waals surface area contributed by atoms with E-state index >= 15 is 0 Å². The third-order valence-electron chi connectivity index (χ3n) is 2.39. The molecule has 0 saturated carbocycles. The molecule has 0 amide bonds. The summed E-state index contributed by atoms with van der Waals surface area (Å²) in [6.45, 7) is 5.65. The van der Waals surface area contributed by atoms with Crippen LogP contribution in [0.4, 0.5) is 0 Å². The molecule has 0 heterocycles. The lowest BCUT2D eigenvalue weighted by Gasteiger charge is -2.15. The van der Waals surface area contributed by atoms with Gasteiger partial charge < -0.3 is 9.84 Å². The van der Waals surface area contributed by atoms with E-state index in [4.69, 9.17) is 4.74 Å². The monoisotopic (exact) mass is 266 g/mol. The molecule has 0 saturated heterocycles. The summed E-state index contributed by atoms with van der Waals surface area (Å²) in [5, 5.41) is 9.84. The molecule has 2 nitrogen and oxygen atoms in total. The van der Waals surface area contributed by atoms with Crippen LogP contribution < -0.4 is 0 Å². The van der Waals surface area contributed by atoms with Crippen molar-refractivity contribution in [2.24, 2.45) is 5.92 Å². The summed E-state index contributed by atoms with van der Waals surface area (Å²) >= 11 is 3.21. The molecule has 3 heteroatoms. The van der Waals surface area contributed by atoms with E-state index in [1.807, 2.05) is 0 Å². The lowest BCUT2D eigenvalue weighted by molar-refractivity contribution is 0.0292. The quantitative estimate of drug-likeness (QED) is 0.651. The van der Waals surface area contributed by atoms with Crippen molar-refractivity contribution in [1.29, 1.82) is 0 Å². The third-order valence-corrected chi connectivity index (χ3v) is 3.13. The number of hydrogen-bond donors (Lipinski definition) is 1. The summed E-state index contributed by atoms with van der Waals surface area (Å²) in [6.07, 6.45) is 4.59. The van der Waals surface area contributed by atoms with Gasteiger partial charge in [-0.05, 0) is 12.3 Å². The minimum atomic E-state index is -0.362. The van der Waals surface area contributed by atoms with Crippen molar-refractivity contribution in [2.75, 3.05) is 18.5 Å². The number of ether oxygens (including phenoxy) is 1. The van der Waals surface area contributed by atoms with Crippen molar-refractivity contribution in [1.82, 2.24) is 0 Å². The Morgan fingerprint density at radius 2 is 2.00 bits per heavy atom. The molecule has 0 spiro atoms. The second-order valence-corrected chi connectivity index (χ2v) is 4.41. The largest absolute Gasteiger partial charge is 0.390 e. The van der Waals surface area contributed by atoms with Gasteiger partial charge in [0, 0.05) is 11.9 Å². The number of halogens is 1. The van der Waals surface area contributed by atoms with Crippen LogP contribution in [0.2, 0.25) is 0 Å². The van der Waals surface area contributed by atoms with Gasteiger partial charge in [-0.3, -0.25) is 0 Å². The molecule has 14 heavy (non-hydrogen) atoms. The summed E-state index contributed by atoms with van der Waals surface area (Å²) in [5.41, 5.74) is 0. The van der Waals surface area contributed by atoms with Crippen molar-refractivity contribution in [3.8, 4) is 0 Å². The Balaban J connectivity index is 3.42. The normalized spacial score (nSPS) is 15.4. The first-order valence-electron chi connectivity index (χ1n) is 5.56. The summed E-state index contributed by atoms with van der Waals surface area (Å²) < 4.78 is 5.46. The van der Waals surface area contributed by atoms with Gasteiger partial charge >= 0.3 is 0 Å². The van der Waals surface area contributed by atoms with Gasteiger partial charge in [0.2, 0.25) is 0 Å². The van der Waals surface area contributed by atoms with Gasteiger partial charge in [0.05, 0.1) is 12.7 Å². The van der Waals surface area contributed by atoms with Gasteiger partial charge in [-0.15, -0.1) is 0 Å². The molecule has 0 fully saturated rings. The summed E-state index contributed by atoms with van der Waals surface area (Å²) in [5.74, 6) is 0.664. The van der Waals surface area contributed by atoms with E-state index in [0.717, 1.165) is 6.61 Å². The summed E-state index contributed by atoms with van der Waals surface area (Å²) in [6, 6.07) is 0. The molecule has 86 valence electrons. The van der Waals surface area contributed by atoms with E-state index in [-0.39, 0.29) is 6.10 Å². The highest BCUT2D eigenvalue weighted by atomic mass is 79.9. The minimum absolute atomic E-state index is 0.362. The van der Waals surface area contributed by atoms with Crippen molar-refractivity contribution in [3.63, 3.8) is 0 Å². The second-order valence-electron chi connectivity index (χ2n) is 3.76. The molecular weight excluding hydrogens is 244 g/mol. The molecule has 0 radical (unpaired) electrons. The van der Waals surface area contributed by atoms with E-state index in [0.29, 0.717) is 17.9 Å². The SMILES string of the molecule is CCCCC(CC)COCC(O)CBr. The lowest BCUT2D eigenvalue weighted by Crippen LogP contribution is -2.19. The molecule has 0 aromatic carbocycles. The van der Waals surface area contributed by atoms with Crippen LogP contribution in [-0.4, -0.2) is 29.8 Å². The predicted octanol–water partition coefficient (Wildman–Crippen LogP) is 2.98. The van der Waals surface area contributed by atoms with Crippen LogP contribution in [-0.2, 0) is 4.74 Å². The highest BCUT2D eigenvalue weighted by Crippen LogP contribution is 2.12. The number of aliphatic hydroxyl groups is 1. The molecule has 0 aliphatic rings. The van der Waals surface area contributed by atoms with E-state index in [1.165, 1.54) is 25.7 Å². The predicted molar refractivity (Wildman–Crippen MR) is 63.9 cm³/mol. The fourth-order valence-corrected chi connectivity index (χ4v) is 1.50. The zero-order valence-electron chi connectivity index (χ0n) is 9.34. The van der Waals surface area contributed by atoms with E-state index in [1.54, 1.807) is 0 Å². The Morgan fingerprint density at radius 3 is 2.50 bits per heavy atom. The Labute approximate surface area is 96.2 Å². The van der Waals surface area contributed by atoms with Crippen molar-refractivity contribution < 1.29 is 9.84 Å². The zero-order valence-corrected chi connectivity index (χ0v) is 10.9. The smallest absolute Gasteiger partial charge is 0.0870 e. The van der Waals surface area contributed by atoms with Crippen LogP contribution in [0.1, 0.15) is 39.5 Å². The zero-order chi connectivity index (χ0) is 10.8. The van der Waals surface area contributed by atoms with E-state index < -0.39 is 0 Å². The van der Waals surface area contributed by atoms with Crippen LogP contribution in [0, 0.1) is 5.92 Å². The van der Waals surface area contributed by atoms with Crippen molar-refractivity contribution in [3.05, 3.63) is 0 Å². The molecule has 0 aromatic heterocycles. The summed E-state index contributed by atoms with van der Waals surface area (Å²) in [4.78, 5) is 0. The maximum Gasteiger partial charge on any atom is 0.0870 e. The van der Waals surface area contributed by atoms with E-state index in [9.17, 15) is 5.11 Å². The molecule has 0 bridgehead atoms. The van der Waals surface area contributed by atoms with Crippen LogP contribution >= 0.6 is 15.9 Å². The fourth-order valence-electron chi connectivity index (χ4n) is 1.31. The third kappa shape index (κ3) is 7.77.